The molecule has 108 valence electrons. The van der Waals surface area contributed by atoms with E-state index in [0.29, 0.717) is 43.2 Å². The minimum atomic E-state index is 0.374. The highest BCUT2D eigenvalue weighted by molar-refractivity contribution is 6.29. The van der Waals surface area contributed by atoms with Crippen LogP contribution in [-0.2, 0) is 16.1 Å². The van der Waals surface area contributed by atoms with Crippen molar-refractivity contribution < 1.29 is 9.47 Å². The van der Waals surface area contributed by atoms with Crippen LogP contribution in [0.25, 0.3) is 0 Å². The van der Waals surface area contributed by atoms with Crippen LogP contribution >= 0.6 is 11.6 Å². The van der Waals surface area contributed by atoms with E-state index in [1.807, 2.05) is 6.92 Å². The second-order valence-corrected chi connectivity index (χ2v) is 4.41. The van der Waals surface area contributed by atoms with E-state index in [4.69, 9.17) is 21.1 Å². The van der Waals surface area contributed by atoms with Gasteiger partial charge in [-0.1, -0.05) is 24.9 Å². The summed E-state index contributed by atoms with van der Waals surface area (Å²) in [6.45, 7) is 7.23. The molecule has 0 bridgehead atoms. The van der Waals surface area contributed by atoms with Crippen molar-refractivity contribution in [3.05, 3.63) is 17.0 Å². The highest BCUT2D eigenvalue weighted by Crippen LogP contribution is 2.11. The molecule has 0 radical (unpaired) electrons. The van der Waals surface area contributed by atoms with E-state index >= 15 is 0 Å². The molecule has 0 saturated carbocycles. The van der Waals surface area contributed by atoms with E-state index < -0.39 is 0 Å². The molecular formula is C13H22ClN3O2. The van der Waals surface area contributed by atoms with Crippen LogP contribution in [0.5, 0.6) is 0 Å². The molecule has 6 heteroatoms. The van der Waals surface area contributed by atoms with Crippen molar-refractivity contribution in [1.82, 2.24) is 9.97 Å². The number of nitrogens with zero attached hydrogens (tertiary/aromatic N) is 2. The number of halogens is 1. The summed E-state index contributed by atoms with van der Waals surface area (Å²) in [4.78, 5) is 8.42. The van der Waals surface area contributed by atoms with Gasteiger partial charge in [-0.15, -0.1) is 0 Å². The van der Waals surface area contributed by atoms with Gasteiger partial charge >= 0.3 is 0 Å². The van der Waals surface area contributed by atoms with Crippen molar-refractivity contribution in [1.29, 1.82) is 0 Å². The normalized spacial score (nSPS) is 10.7. The molecule has 0 aromatic carbocycles. The van der Waals surface area contributed by atoms with Crippen LogP contribution < -0.4 is 5.32 Å². The summed E-state index contributed by atoms with van der Waals surface area (Å²) in [7, 11) is 0. The number of hydrogen-bond donors (Lipinski definition) is 1. The Morgan fingerprint density at radius 3 is 2.79 bits per heavy atom. The van der Waals surface area contributed by atoms with E-state index in [9.17, 15) is 0 Å². The Hall–Kier alpha value is -0.910. The molecule has 0 spiro atoms. The summed E-state index contributed by atoms with van der Waals surface area (Å²) in [6.07, 6.45) is 2.24. The highest BCUT2D eigenvalue weighted by atomic mass is 35.5. The predicted octanol–water partition coefficient (Wildman–Crippen LogP) is 2.90. The first kappa shape index (κ1) is 16.1. The van der Waals surface area contributed by atoms with Gasteiger partial charge in [0.05, 0.1) is 6.61 Å². The molecular weight excluding hydrogens is 266 g/mol. The van der Waals surface area contributed by atoms with Crippen molar-refractivity contribution in [2.45, 2.75) is 33.3 Å². The molecule has 0 amide bonds. The summed E-state index contributed by atoms with van der Waals surface area (Å²) < 4.78 is 10.7. The summed E-state index contributed by atoms with van der Waals surface area (Å²) in [5, 5.41) is 3.58. The summed E-state index contributed by atoms with van der Waals surface area (Å²) >= 11 is 5.93. The van der Waals surface area contributed by atoms with Crippen LogP contribution in [0.2, 0.25) is 5.15 Å². The molecule has 1 heterocycles. The van der Waals surface area contributed by atoms with Crippen LogP contribution in [0.4, 0.5) is 5.82 Å². The Morgan fingerprint density at radius 1 is 1.21 bits per heavy atom. The number of rotatable bonds is 10. The summed E-state index contributed by atoms with van der Waals surface area (Å²) in [6, 6.07) is 1.70. The molecule has 19 heavy (non-hydrogen) atoms. The Labute approximate surface area is 119 Å². The summed E-state index contributed by atoms with van der Waals surface area (Å²) in [5.41, 5.74) is 0. The second-order valence-electron chi connectivity index (χ2n) is 4.02. The molecule has 5 nitrogen and oxygen atoms in total. The van der Waals surface area contributed by atoms with Crippen LogP contribution in [0.15, 0.2) is 6.07 Å². The third-order valence-corrected chi connectivity index (χ3v) is 2.56. The fraction of sp³-hybridized carbons (Fsp3) is 0.692. The number of nitrogens with one attached hydrogen (secondary N) is 1. The highest BCUT2D eigenvalue weighted by Gasteiger charge is 2.03. The van der Waals surface area contributed by atoms with Gasteiger partial charge in [0, 0.05) is 25.8 Å². The molecule has 0 atom stereocenters. The van der Waals surface area contributed by atoms with Crippen LogP contribution in [-0.4, -0.2) is 36.3 Å². The van der Waals surface area contributed by atoms with Crippen molar-refractivity contribution in [2.24, 2.45) is 0 Å². The third kappa shape index (κ3) is 7.30. The van der Waals surface area contributed by atoms with Gasteiger partial charge in [0.2, 0.25) is 0 Å². The van der Waals surface area contributed by atoms with E-state index in [2.05, 4.69) is 22.2 Å². The smallest absolute Gasteiger partial charge is 0.158 e. The van der Waals surface area contributed by atoms with Crippen LogP contribution in [0, 0.1) is 0 Å². The lowest BCUT2D eigenvalue weighted by atomic mass is 10.4. The van der Waals surface area contributed by atoms with E-state index in [1.54, 1.807) is 6.07 Å². The average molecular weight is 288 g/mol. The number of anilines is 1. The zero-order valence-corrected chi connectivity index (χ0v) is 12.4. The zero-order valence-electron chi connectivity index (χ0n) is 11.6. The van der Waals surface area contributed by atoms with Gasteiger partial charge in [-0.05, 0) is 13.3 Å². The van der Waals surface area contributed by atoms with E-state index in [1.165, 1.54) is 0 Å². The fourth-order valence-electron chi connectivity index (χ4n) is 1.41. The first-order valence-electron chi connectivity index (χ1n) is 6.69. The third-order valence-electron chi connectivity index (χ3n) is 2.37. The Bertz CT molecular complexity index is 364. The second kappa shape index (κ2) is 9.95. The minimum absolute atomic E-state index is 0.374. The SMILES string of the molecule is CCCCOCCNc1cc(Cl)nc(COCC)n1. The first-order chi connectivity index (χ1) is 9.26. The van der Waals surface area contributed by atoms with Crippen LogP contribution in [0.1, 0.15) is 32.5 Å². The van der Waals surface area contributed by atoms with Gasteiger partial charge in [-0.3, -0.25) is 0 Å². The molecule has 1 rings (SSSR count). The van der Waals surface area contributed by atoms with Gasteiger partial charge in [0.15, 0.2) is 5.82 Å². The average Bonchev–Trinajstić information content (AvgIpc) is 2.40. The van der Waals surface area contributed by atoms with Crippen molar-refractivity contribution in [3.63, 3.8) is 0 Å². The lowest BCUT2D eigenvalue weighted by Crippen LogP contribution is -2.12. The molecule has 1 aromatic rings. The Morgan fingerprint density at radius 2 is 2.05 bits per heavy atom. The zero-order chi connectivity index (χ0) is 13.9. The molecule has 1 N–H and O–H groups in total. The maximum Gasteiger partial charge on any atom is 0.158 e. The van der Waals surface area contributed by atoms with E-state index in [0.717, 1.165) is 19.4 Å². The van der Waals surface area contributed by atoms with Crippen molar-refractivity contribution in [2.75, 3.05) is 31.7 Å². The molecule has 0 saturated heterocycles. The fourth-order valence-corrected chi connectivity index (χ4v) is 1.61. The van der Waals surface area contributed by atoms with E-state index in [-0.39, 0.29) is 0 Å². The first-order valence-corrected chi connectivity index (χ1v) is 7.06. The molecule has 0 unspecified atom stereocenters. The topological polar surface area (TPSA) is 56.3 Å². The van der Waals surface area contributed by atoms with Gasteiger partial charge in [0.25, 0.3) is 0 Å². The quantitative estimate of drug-likeness (QED) is 0.530. The monoisotopic (exact) mass is 287 g/mol. The molecule has 1 aromatic heterocycles. The van der Waals surface area contributed by atoms with Gasteiger partial charge < -0.3 is 14.8 Å². The van der Waals surface area contributed by atoms with Crippen LogP contribution in [0.3, 0.4) is 0 Å². The number of hydrogen-bond acceptors (Lipinski definition) is 5. The minimum Gasteiger partial charge on any atom is -0.380 e. The maximum absolute atomic E-state index is 5.93. The molecule has 0 fully saturated rings. The van der Waals surface area contributed by atoms with Crippen molar-refractivity contribution in [3.8, 4) is 0 Å². The summed E-state index contributed by atoms with van der Waals surface area (Å²) in [5.74, 6) is 1.29. The van der Waals surface area contributed by atoms with Gasteiger partial charge in [-0.2, -0.15) is 0 Å². The molecule has 0 aliphatic carbocycles. The number of unbranched alkanes of at least 4 members (excludes halogenated alkanes) is 1. The molecule has 0 aliphatic rings. The number of ether oxygens (including phenoxy) is 2. The standard InChI is InChI=1S/C13H22ClN3O2/c1-3-5-7-19-8-6-15-12-9-11(14)16-13(17-12)10-18-4-2/h9H,3-8,10H2,1-2H3,(H,15,16,17). The van der Waals surface area contributed by atoms with Crippen molar-refractivity contribution >= 4 is 17.4 Å². The van der Waals surface area contributed by atoms with Gasteiger partial charge in [0.1, 0.15) is 17.6 Å². The largest absolute Gasteiger partial charge is 0.380 e. The number of aromatic nitrogens is 2. The lowest BCUT2D eigenvalue weighted by Gasteiger charge is -2.08. The Balaban J connectivity index is 2.34. The Kier molecular flexibility index (Phi) is 8.45. The van der Waals surface area contributed by atoms with Gasteiger partial charge in [-0.25, -0.2) is 9.97 Å². The maximum atomic E-state index is 5.93. The predicted molar refractivity (Wildman–Crippen MR) is 76.6 cm³/mol. The molecule has 0 aliphatic heterocycles. The lowest BCUT2D eigenvalue weighted by molar-refractivity contribution is 0.128.